The molecule has 0 fully saturated rings. The predicted octanol–water partition coefficient (Wildman–Crippen LogP) is 1.87. The lowest BCUT2D eigenvalue weighted by molar-refractivity contribution is 0.546. The van der Waals surface area contributed by atoms with Crippen LogP contribution in [0.15, 0.2) is 23.1 Å². The lowest BCUT2D eigenvalue weighted by atomic mass is 10.2. The van der Waals surface area contributed by atoms with Crippen LogP contribution in [0.3, 0.4) is 0 Å². The molecule has 17 heavy (non-hydrogen) atoms. The van der Waals surface area contributed by atoms with Gasteiger partial charge in [0.2, 0.25) is 0 Å². The fourth-order valence-corrected chi connectivity index (χ4v) is 2.83. The smallest absolute Gasteiger partial charge is 0.181 e. The molecule has 0 saturated heterocycles. The Bertz CT molecular complexity index is 486. The largest absolute Gasteiger partial charge is 0.328 e. The van der Waals surface area contributed by atoms with Gasteiger partial charge >= 0.3 is 0 Å². The first kappa shape index (κ1) is 14.1. The fraction of sp³-hybridized carbons (Fsp3) is 0.455. The third-order valence-electron chi connectivity index (χ3n) is 2.30. The number of nitrogens with two attached hydrogens (primary N) is 1. The van der Waals surface area contributed by atoms with Crippen molar-refractivity contribution in [2.75, 3.05) is 5.75 Å². The summed E-state index contributed by atoms with van der Waals surface area (Å²) < 4.78 is 49.4. The maximum Gasteiger partial charge on any atom is 0.181 e. The first-order chi connectivity index (χ1) is 7.83. The molecule has 1 atom stereocenters. The second-order valence-electron chi connectivity index (χ2n) is 4.01. The van der Waals surface area contributed by atoms with Crippen molar-refractivity contribution in [2.24, 2.45) is 5.73 Å². The van der Waals surface area contributed by atoms with Crippen molar-refractivity contribution in [3.63, 3.8) is 0 Å². The molecule has 6 heteroatoms. The quantitative estimate of drug-likeness (QED) is 0.825. The van der Waals surface area contributed by atoms with E-state index in [4.69, 9.17) is 5.73 Å². The van der Waals surface area contributed by atoms with Crippen LogP contribution in [0, 0.1) is 11.6 Å². The van der Waals surface area contributed by atoms with Gasteiger partial charge in [-0.05, 0) is 31.9 Å². The zero-order valence-electron chi connectivity index (χ0n) is 9.49. The Kier molecular flexibility index (Phi) is 4.59. The number of hydrogen-bond donors (Lipinski definition) is 1. The minimum Gasteiger partial charge on any atom is -0.328 e. The van der Waals surface area contributed by atoms with Crippen LogP contribution in [0.1, 0.15) is 19.8 Å². The standard InChI is InChI=1S/C11H15F2NO2S/c1-8(14)3-2-6-17(15,16)11-5-4-9(12)7-10(11)13/h4-5,7-8H,2-3,6,14H2,1H3. The van der Waals surface area contributed by atoms with Crippen LogP contribution in [0.4, 0.5) is 8.78 Å². The van der Waals surface area contributed by atoms with Crippen LogP contribution < -0.4 is 5.73 Å². The molecule has 0 radical (unpaired) electrons. The summed E-state index contributed by atoms with van der Waals surface area (Å²) in [5.74, 6) is -2.03. The van der Waals surface area contributed by atoms with Gasteiger partial charge in [0.25, 0.3) is 0 Å². The molecule has 0 aliphatic rings. The number of sulfone groups is 1. The van der Waals surface area contributed by atoms with Gasteiger partial charge in [-0.1, -0.05) is 0 Å². The van der Waals surface area contributed by atoms with Gasteiger partial charge < -0.3 is 5.73 Å². The van der Waals surface area contributed by atoms with Gasteiger partial charge in [0.1, 0.15) is 16.5 Å². The van der Waals surface area contributed by atoms with Gasteiger partial charge in [-0.3, -0.25) is 0 Å². The van der Waals surface area contributed by atoms with Crippen molar-refractivity contribution in [2.45, 2.75) is 30.7 Å². The van der Waals surface area contributed by atoms with E-state index in [9.17, 15) is 17.2 Å². The predicted molar refractivity (Wildman–Crippen MR) is 61.3 cm³/mol. The van der Waals surface area contributed by atoms with Crippen molar-refractivity contribution >= 4 is 9.84 Å². The minimum absolute atomic E-state index is 0.0942. The average Bonchev–Trinajstić information content (AvgIpc) is 2.15. The highest BCUT2D eigenvalue weighted by atomic mass is 32.2. The van der Waals surface area contributed by atoms with E-state index in [-0.39, 0.29) is 11.8 Å². The zero-order chi connectivity index (χ0) is 13.1. The summed E-state index contributed by atoms with van der Waals surface area (Å²) >= 11 is 0. The van der Waals surface area contributed by atoms with Crippen molar-refractivity contribution in [1.29, 1.82) is 0 Å². The molecule has 0 amide bonds. The van der Waals surface area contributed by atoms with Gasteiger partial charge in [0.05, 0.1) is 5.75 Å². The Hall–Kier alpha value is -1.01. The van der Waals surface area contributed by atoms with Crippen LogP contribution in [0.25, 0.3) is 0 Å². The van der Waals surface area contributed by atoms with Crippen LogP contribution in [0.5, 0.6) is 0 Å². The highest BCUT2D eigenvalue weighted by Gasteiger charge is 2.19. The topological polar surface area (TPSA) is 60.2 Å². The van der Waals surface area contributed by atoms with E-state index < -0.39 is 26.4 Å². The van der Waals surface area contributed by atoms with E-state index in [0.29, 0.717) is 18.9 Å². The number of hydrogen-bond acceptors (Lipinski definition) is 3. The monoisotopic (exact) mass is 263 g/mol. The highest BCUT2D eigenvalue weighted by Crippen LogP contribution is 2.18. The third kappa shape index (κ3) is 4.05. The number of benzene rings is 1. The van der Waals surface area contributed by atoms with Crippen molar-refractivity contribution in [3.8, 4) is 0 Å². The summed E-state index contributed by atoms with van der Waals surface area (Å²) in [6.45, 7) is 1.77. The van der Waals surface area contributed by atoms with Gasteiger partial charge in [-0.15, -0.1) is 0 Å². The van der Waals surface area contributed by atoms with Gasteiger partial charge in [0.15, 0.2) is 9.84 Å². The Morgan fingerprint density at radius 2 is 2.00 bits per heavy atom. The average molecular weight is 263 g/mol. The molecule has 1 rings (SSSR count). The maximum absolute atomic E-state index is 13.3. The van der Waals surface area contributed by atoms with E-state index in [2.05, 4.69) is 0 Å². The highest BCUT2D eigenvalue weighted by molar-refractivity contribution is 7.91. The molecule has 2 N–H and O–H groups in total. The summed E-state index contributed by atoms with van der Waals surface area (Å²) in [5.41, 5.74) is 5.49. The van der Waals surface area contributed by atoms with E-state index in [1.807, 2.05) is 0 Å². The summed E-state index contributed by atoms with van der Waals surface area (Å²) in [7, 11) is -3.70. The normalized spacial score (nSPS) is 13.6. The molecule has 0 bridgehead atoms. The second-order valence-corrected chi connectivity index (χ2v) is 6.09. The van der Waals surface area contributed by atoms with E-state index in [0.717, 1.165) is 12.1 Å². The molecular formula is C11H15F2NO2S. The van der Waals surface area contributed by atoms with Crippen molar-refractivity contribution in [1.82, 2.24) is 0 Å². The lowest BCUT2D eigenvalue weighted by Crippen LogP contribution is -2.17. The minimum atomic E-state index is -3.70. The molecule has 0 aromatic heterocycles. The molecule has 1 aromatic carbocycles. The van der Waals surface area contributed by atoms with Gasteiger partial charge in [-0.2, -0.15) is 0 Å². The molecule has 96 valence electrons. The second kappa shape index (κ2) is 5.55. The number of halogens is 2. The summed E-state index contributed by atoms with van der Waals surface area (Å²) in [4.78, 5) is -0.455. The maximum atomic E-state index is 13.3. The zero-order valence-corrected chi connectivity index (χ0v) is 10.3. The molecule has 3 nitrogen and oxygen atoms in total. The van der Waals surface area contributed by atoms with E-state index >= 15 is 0 Å². The molecule has 1 unspecified atom stereocenters. The van der Waals surface area contributed by atoms with Gasteiger partial charge in [-0.25, -0.2) is 17.2 Å². The van der Waals surface area contributed by atoms with Crippen LogP contribution in [-0.4, -0.2) is 20.2 Å². The van der Waals surface area contributed by atoms with Crippen molar-refractivity contribution < 1.29 is 17.2 Å². The summed E-state index contributed by atoms with van der Waals surface area (Å²) in [6, 6.07) is 2.36. The molecule has 1 aromatic rings. The van der Waals surface area contributed by atoms with E-state index in [1.165, 1.54) is 0 Å². The molecule has 0 saturated carbocycles. The Labute approximate surface area is 99.6 Å². The molecule has 0 heterocycles. The molecule has 0 spiro atoms. The van der Waals surface area contributed by atoms with Crippen LogP contribution >= 0.6 is 0 Å². The first-order valence-electron chi connectivity index (χ1n) is 5.26. The Balaban J connectivity index is 2.83. The Morgan fingerprint density at radius 3 is 2.53 bits per heavy atom. The summed E-state index contributed by atoms with van der Waals surface area (Å²) in [5, 5.41) is 0. The van der Waals surface area contributed by atoms with Gasteiger partial charge in [0, 0.05) is 12.1 Å². The molecule has 0 aliphatic carbocycles. The SMILES string of the molecule is CC(N)CCCS(=O)(=O)c1ccc(F)cc1F. The summed E-state index contributed by atoms with van der Waals surface area (Å²) in [6.07, 6.45) is 0.902. The van der Waals surface area contributed by atoms with Crippen LogP contribution in [-0.2, 0) is 9.84 Å². The Morgan fingerprint density at radius 1 is 1.35 bits per heavy atom. The van der Waals surface area contributed by atoms with E-state index in [1.54, 1.807) is 6.92 Å². The van der Waals surface area contributed by atoms with Crippen molar-refractivity contribution in [3.05, 3.63) is 29.8 Å². The lowest BCUT2D eigenvalue weighted by Gasteiger charge is -2.07. The van der Waals surface area contributed by atoms with Crippen LogP contribution in [0.2, 0.25) is 0 Å². The first-order valence-corrected chi connectivity index (χ1v) is 6.91. The third-order valence-corrected chi connectivity index (χ3v) is 4.13. The molecule has 0 aliphatic heterocycles. The number of rotatable bonds is 5. The fourth-order valence-electron chi connectivity index (χ4n) is 1.43. The molecular weight excluding hydrogens is 248 g/mol.